The molecule has 0 aromatic rings. The van der Waals surface area contributed by atoms with Gasteiger partial charge in [0.2, 0.25) is 0 Å². The molecule has 1 saturated heterocycles. The summed E-state index contributed by atoms with van der Waals surface area (Å²) in [5, 5.41) is -2.90. The minimum absolute atomic E-state index is 0. The van der Waals surface area contributed by atoms with Crippen LogP contribution in [0.25, 0.3) is 0 Å². The molecule has 24 heavy (non-hydrogen) atoms. The van der Waals surface area contributed by atoms with E-state index in [1.807, 2.05) is 0 Å². The van der Waals surface area contributed by atoms with E-state index in [9.17, 15) is 26.5 Å². The van der Waals surface area contributed by atoms with Crippen LogP contribution in [0.15, 0.2) is 23.7 Å². The molecule has 0 bridgehead atoms. The number of amidine groups is 1. The summed E-state index contributed by atoms with van der Waals surface area (Å²) in [5.41, 5.74) is -1.27. The third-order valence-electron chi connectivity index (χ3n) is 3.13. The maximum Gasteiger partial charge on any atom is 0.471 e. The van der Waals surface area contributed by atoms with Gasteiger partial charge in [0.25, 0.3) is 0 Å². The number of halogens is 6. The van der Waals surface area contributed by atoms with Crippen molar-refractivity contribution in [1.29, 1.82) is 0 Å². The number of hydrazine groups is 2. The van der Waals surface area contributed by atoms with Gasteiger partial charge in [-0.1, -0.05) is 9.65 Å². The van der Waals surface area contributed by atoms with Gasteiger partial charge in [-0.05, 0) is 12.2 Å². The van der Waals surface area contributed by atoms with Gasteiger partial charge in [0.05, 0.1) is 33.5 Å². The van der Waals surface area contributed by atoms with Crippen LogP contribution in [-0.2, 0) is 4.84 Å². The number of alkyl halides is 3. The normalized spacial score (nSPS) is 26.2. The Labute approximate surface area is 157 Å². The molecular formula is C11H14F6N5OU+. The van der Waals surface area contributed by atoms with E-state index in [0.29, 0.717) is 6.08 Å². The van der Waals surface area contributed by atoms with Gasteiger partial charge in [0.1, 0.15) is 5.70 Å². The molecule has 1 aliphatic heterocycles. The fourth-order valence-corrected chi connectivity index (χ4v) is 2.08. The Morgan fingerprint density at radius 2 is 1.71 bits per heavy atom. The molecule has 0 aromatic carbocycles. The quantitative estimate of drug-likeness (QED) is 0.117. The molecule has 1 heterocycles. The molecule has 1 aliphatic carbocycles. The zero-order valence-corrected chi connectivity index (χ0v) is 17.2. The number of hydrogen-bond acceptors (Lipinski definition) is 4. The van der Waals surface area contributed by atoms with E-state index < -0.39 is 33.8 Å². The van der Waals surface area contributed by atoms with E-state index in [1.165, 1.54) is 37.7 Å². The van der Waals surface area contributed by atoms with Gasteiger partial charge >= 0.3 is 17.7 Å². The van der Waals surface area contributed by atoms with Crippen LogP contribution >= 0.6 is 0 Å². The van der Waals surface area contributed by atoms with E-state index >= 15 is 0 Å². The number of rotatable bonds is 1. The zero-order chi connectivity index (χ0) is 17.7. The Balaban J connectivity index is 0.00000288. The second-order valence-corrected chi connectivity index (χ2v) is 5.20. The topological polar surface area (TPSA) is 25.2 Å². The largest absolute Gasteiger partial charge is 0.471 e. The molecule has 0 amide bonds. The molecule has 0 N–H and O–H groups in total. The van der Waals surface area contributed by atoms with Crippen molar-refractivity contribution < 1.29 is 67.1 Å². The summed E-state index contributed by atoms with van der Waals surface area (Å²) in [4.78, 5) is 6.26. The first-order valence-electron chi connectivity index (χ1n) is 6.22. The van der Waals surface area contributed by atoms with E-state index in [0.717, 1.165) is 0 Å². The third kappa shape index (κ3) is 2.81. The Morgan fingerprint density at radius 1 is 1.17 bits per heavy atom. The number of hydroxylamine groups is 1. The van der Waals surface area contributed by atoms with Gasteiger partial charge < -0.3 is 0 Å². The smallest absolute Gasteiger partial charge is 0.283 e. The molecule has 1 fully saturated rings. The summed E-state index contributed by atoms with van der Waals surface area (Å²) in [6, 6.07) is -0.135. The first-order chi connectivity index (χ1) is 10.5. The second-order valence-electron chi connectivity index (χ2n) is 5.20. The number of hydrogen-bond donors (Lipinski definition) is 0. The van der Waals surface area contributed by atoms with Gasteiger partial charge in [0.15, 0.2) is 5.83 Å². The third-order valence-corrected chi connectivity index (χ3v) is 3.13. The van der Waals surface area contributed by atoms with E-state index in [4.69, 9.17) is 4.84 Å². The van der Waals surface area contributed by atoms with Crippen LogP contribution in [0.4, 0.5) is 26.5 Å². The van der Waals surface area contributed by atoms with Crippen LogP contribution in [0.5, 0.6) is 0 Å². The Morgan fingerprint density at radius 3 is 2.17 bits per heavy atom. The number of fused-ring (bicyclic) bond motifs is 1. The number of allylic oxidation sites excluding steroid dienone is 2. The summed E-state index contributed by atoms with van der Waals surface area (Å²) < 4.78 is 84.1. The van der Waals surface area contributed by atoms with E-state index in [2.05, 4.69) is 0 Å². The van der Waals surface area contributed by atoms with Crippen molar-refractivity contribution in [2.24, 2.45) is 0 Å². The summed E-state index contributed by atoms with van der Waals surface area (Å²) >= 11 is 0. The summed E-state index contributed by atoms with van der Waals surface area (Å²) in [6.45, 7) is 0. The monoisotopic (exact) mass is 584 g/mol. The Kier molecular flexibility index (Phi) is 5.97. The first kappa shape index (κ1) is 21.1. The van der Waals surface area contributed by atoms with Crippen molar-refractivity contribution in [3.63, 3.8) is 0 Å². The van der Waals surface area contributed by atoms with Crippen molar-refractivity contribution in [2.75, 3.05) is 28.2 Å². The molecule has 6 nitrogen and oxygen atoms in total. The number of nitrogens with zero attached hydrogens (tertiary/aromatic N) is 5. The van der Waals surface area contributed by atoms with Crippen LogP contribution in [0, 0.1) is 31.1 Å². The SMILES string of the molecule is CN(C)C(ON1C2=CC=C(F)C(F)(F)C2(F)N(F)N1F)=[N+](C)C.[U]. The second kappa shape index (κ2) is 6.78. The predicted octanol–water partition coefficient (Wildman–Crippen LogP) is 1.68. The molecule has 0 spiro atoms. The van der Waals surface area contributed by atoms with Crippen LogP contribution in [-0.4, -0.2) is 71.1 Å². The van der Waals surface area contributed by atoms with Gasteiger partial charge in [-0.3, -0.25) is 4.84 Å². The average Bonchev–Trinajstić information content (AvgIpc) is 2.63. The Bertz CT molecular complexity index is 608. The molecule has 1 atom stereocenters. The fraction of sp³-hybridized carbons (Fsp3) is 0.545. The van der Waals surface area contributed by atoms with Crippen LogP contribution in [0.2, 0.25) is 0 Å². The van der Waals surface area contributed by atoms with Crippen molar-refractivity contribution >= 4 is 6.02 Å². The van der Waals surface area contributed by atoms with Crippen molar-refractivity contribution in [3.05, 3.63) is 23.7 Å². The zero-order valence-electron chi connectivity index (χ0n) is 13.1. The van der Waals surface area contributed by atoms with Gasteiger partial charge in [0, 0.05) is 36.3 Å². The van der Waals surface area contributed by atoms with Gasteiger partial charge in [-0.15, -0.1) is 4.48 Å². The molecule has 0 saturated carbocycles. The van der Waals surface area contributed by atoms with Crippen molar-refractivity contribution in [2.45, 2.75) is 11.7 Å². The predicted molar refractivity (Wildman–Crippen MR) is 65.7 cm³/mol. The van der Waals surface area contributed by atoms with Gasteiger partial charge in [-0.25, -0.2) is 18.3 Å². The fourth-order valence-electron chi connectivity index (χ4n) is 2.08. The molecule has 0 aromatic heterocycles. The molecule has 2 rings (SSSR count). The van der Waals surface area contributed by atoms with Crippen molar-refractivity contribution in [1.82, 2.24) is 20.6 Å². The minimum Gasteiger partial charge on any atom is -0.283 e. The summed E-state index contributed by atoms with van der Waals surface area (Å²) in [6.07, 6.45) is 0.670. The summed E-state index contributed by atoms with van der Waals surface area (Å²) in [7, 11) is 5.86. The molecule has 0 radical (unpaired) electrons. The van der Waals surface area contributed by atoms with Crippen LogP contribution < -0.4 is 0 Å². The maximum atomic E-state index is 14.5. The molecule has 2 aliphatic rings. The molecule has 134 valence electrons. The molecule has 13 heteroatoms. The van der Waals surface area contributed by atoms with Crippen LogP contribution in [0.1, 0.15) is 0 Å². The van der Waals surface area contributed by atoms with E-state index in [1.54, 1.807) is 0 Å². The maximum absolute atomic E-state index is 14.5. The van der Waals surface area contributed by atoms with Crippen LogP contribution in [0.3, 0.4) is 0 Å². The first-order valence-corrected chi connectivity index (χ1v) is 6.22. The summed E-state index contributed by atoms with van der Waals surface area (Å²) in [5.74, 6) is -11.6. The van der Waals surface area contributed by atoms with Gasteiger partial charge in [-0.2, -0.15) is 8.78 Å². The molecular weight excluding hydrogens is 570 g/mol. The van der Waals surface area contributed by atoms with E-state index in [-0.39, 0.29) is 48.4 Å². The van der Waals surface area contributed by atoms with Crippen molar-refractivity contribution in [3.8, 4) is 0 Å². The molecule has 1 unspecified atom stereocenters. The standard InChI is InChI=1S/C11H14F6N5O.U/c1-18(2)9(19(3)4)23-20-8-6-5-7(12)10(13,14)11(8,15)21(16)22(20)17;/h5-6H,1-4H3;/q+1;. The minimum atomic E-state index is -4.95. The average molecular weight is 584 g/mol. The Hall–Kier alpha value is -0.898.